The number of hydrogen-bond donors (Lipinski definition) is 3. The Morgan fingerprint density at radius 1 is 1.43 bits per heavy atom. The first-order valence-corrected chi connectivity index (χ1v) is 7.68. The minimum Gasteiger partial charge on any atom is -0.462 e. The normalized spacial score (nSPS) is 14.9. The van der Waals surface area contributed by atoms with Crippen LogP contribution < -0.4 is 21.3 Å². The van der Waals surface area contributed by atoms with E-state index in [2.05, 4.69) is 15.5 Å². The number of rotatable bonds is 4. The minimum atomic E-state index is -0.477. The zero-order valence-corrected chi connectivity index (χ0v) is 13.0. The number of anilines is 2. The number of amides is 1. The van der Waals surface area contributed by atoms with Crippen LogP contribution in [0, 0.1) is 0 Å². The first-order chi connectivity index (χ1) is 10.1. The second-order valence-corrected chi connectivity index (χ2v) is 5.56. The number of piperazine rings is 1. The van der Waals surface area contributed by atoms with Crippen LogP contribution in [0.1, 0.15) is 27.0 Å². The number of nitrogen functional groups attached to an aromatic ring is 1. The monoisotopic (exact) mass is 312 g/mol. The third-order valence-corrected chi connectivity index (χ3v) is 4.51. The predicted octanol–water partition coefficient (Wildman–Crippen LogP) is 0.276. The van der Waals surface area contributed by atoms with Crippen molar-refractivity contribution in [3.63, 3.8) is 0 Å². The van der Waals surface area contributed by atoms with E-state index in [4.69, 9.17) is 10.5 Å². The van der Waals surface area contributed by atoms with Gasteiger partial charge in [0.1, 0.15) is 15.4 Å². The highest BCUT2D eigenvalue weighted by Gasteiger charge is 2.29. The van der Waals surface area contributed by atoms with Crippen molar-refractivity contribution in [2.45, 2.75) is 6.92 Å². The Labute approximate surface area is 127 Å². The van der Waals surface area contributed by atoms with Gasteiger partial charge in [0.05, 0.1) is 12.3 Å². The fourth-order valence-corrected chi connectivity index (χ4v) is 3.41. The van der Waals surface area contributed by atoms with Crippen LogP contribution in [0.3, 0.4) is 0 Å². The van der Waals surface area contributed by atoms with E-state index in [9.17, 15) is 9.59 Å². The van der Waals surface area contributed by atoms with Crippen LogP contribution in [0.15, 0.2) is 0 Å². The molecule has 0 unspecified atom stereocenters. The molecule has 1 amide bonds. The van der Waals surface area contributed by atoms with E-state index in [1.807, 2.05) is 0 Å². The number of esters is 1. The Kier molecular flexibility index (Phi) is 5.03. The highest BCUT2D eigenvalue weighted by molar-refractivity contribution is 7.19. The molecule has 0 radical (unpaired) electrons. The maximum atomic E-state index is 12.2. The second-order valence-electron chi connectivity index (χ2n) is 4.56. The number of thiophene rings is 1. The molecule has 0 spiro atoms. The number of nitrogens with one attached hydrogen (secondary N) is 2. The molecule has 0 aliphatic carbocycles. The standard InChI is InChI=1S/C13H20N4O3S/c1-3-20-13(19)8-9(14)10(11(18)15-2)21-12(8)17-6-4-16-5-7-17/h16H,3-7,14H2,1-2H3,(H,15,18). The summed E-state index contributed by atoms with van der Waals surface area (Å²) in [5.74, 6) is -0.764. The average Bonchev–Trinajstić information content (AvgIpc) is 2.85. The molecule has 0 atom stereocenters. The molecule has 7 nitrogen and oxygen atoms in total. The SMILES string of the molecule is CCOC(=O)c1c(N2CCNCC2)sc(C(=O)NC)c1N. The van der Waals surface area contributed by atoms with Crippen LogP contribution in [-0.2, 0) is 4.74 Å². The van der Waals surface area contributed by atoms with Crippen LogP contribution in [-0.4, -0.2) is 51.7 Å². The van der Waals surface area contributed by atoms with Gasteiger partial charge in [0, 0.05) is 33.2 Å². The highest BCUT2D eigenvalue weighted by atomic mass is 32.1. The summed E-state index contributed by atoms with van der Waals surface area (Å²) in [4.78, 5) is 26.5. The Balaban J connectivity index is 2.45. The molecule has 1 saturated heterocycles. The minimum absolute atomic E-state index is 0.200. The van der Waals surface area contributed by atoms with E-state index < -0.39 is 5.97 Å². The fraction of sp³-hybridized carbons (Fsp3) is 0.538. The summed E-state index contributed by atoms with van der Waals surface area (Å²) in [6, 6.07) is 0. The van der Waals surface area contributed by atoms with Crippen molar-refractivity contribution >= 4 is 33.9 Å². The van der Waals surface area contributed by atoms with Crippen molar-refractivity contribution in [3.8, 4) is 0 Å². The van der Waals surface area contributed by atoms with Crippen molar-refractivity contribution in [2.24, 2.45) is 0 Å². The summed E-state index contributed by atoms with van der Waals surface area (Å²) in [7, 11) is 1.54. The number of carbonyl (C=O) groups is 2. The lowest BCUT2D eigenvalue weighted by Gasteiger charge is -2.28. The van der Waals surface area contributed by atoms with Crippen LogP contribution in [0.4, 0.5) is 10.7 Å². The highest BCUT2D eigenvalue weighted by Crippen LogP contribution is 2.39. The van der Waals surface area contributed by atoms with Gasteiger partial charge in [0.15, 0.2) is 0 Å². The van der Waals surface area contributed by atoms with Gasteiger partial charge in [0.2, 0.25) is 0 Å². The van der Waals surface area contributed by atoms with Crippen LogP contribution >= 0.6 is 11.3 Å². The van der Waals surface area contributed by atoms with Crippen molar-refractivity contribution in [1.29, 1.82) is 0 Å². The summed E-state index contributed by atoms with van der Waals surface area (Å²) in [5, 5.41) is 6.51. The quantitative estimate of drug-likeness (QED) is 0.691. The molecule has 0 bridgehead atoms. The topological polar surface area (TPSA) is 96.7 Å². The molecular weight excluding hydrogens is 292 g/mol. The van der Waals surface area contributed by atoms with Crippen LogP contribution in [0.25, 0.3) is 0 Å². The largest absolute Gasteiger partial charge is 0.462 e. The third-order valence-electron chi connectivity index (χ3n) is 3.24. The van der Waals surface area contributed by atoms with Gasteiger partial charge >= 0.3 is 5.97 Å². The third kappa shape index (κ3) is 3.11. The van der Waals surface area contributed by atoms with E-state index in [0.29, 0.717) is 15.4 Å². The zero-order valence-electron chi connectivity index (χ0n) is 12.2. The smallest absolute Gasteiger partial charge is 0.343 e. The number of nitrogens with zero attached hydrogens (tertiary/aromatic N) is 1. The molecule has 0 saturated carbocycles. The number of carbonyl (C=O) groups excluding carboxylic acids is 2. The van der Waals surface area contributed by atoms with Crippen LogP contribution in [0.5, 0.6) is 0 Å². The van der Waals surface area contributed by atoms with Gasteiger partial charge in [-0.2, -0.15) is 0 Å². The van der Waals surface area contributed by atoms with E-state index in [1.54, 1.807) is 6.92 Å². The molecule has 4 N–H and O–H groups in total. The summed E-state index contributed by atoms with van der Waals surface area (Å²) in [5.41, 5.74) is 6.53. The van der Waals surface area contributed by atoms with Crippen LogP contribution in [0.2, 0.25) is 0 Å². The lowest BCUT2D eigenvalue weighted by Crippen LogP contribution is -2.43. The molecule has 8 heteroatoms. The molecule has 0 aromatic carbocycles. The van der Waals surface area contributed by atoms with Gasteiger partial charge in [-0.05, 0) is 6.92 Å². The molecule has 2 rings (SSSR count). The van der Waals surface area contributed by atoms with Crippen molar-refractivity contribution in [2.75, 3.05) is 50.5 Å². The molecule has 21 heavy (non-hydrogen) atoms. The fourth-order valence-electron chi connectivity index (χ4n) is 2.20. The molecule has 1 aromatic heterocycles. The summed E-state index contributed by atoms with van der Waals surface area (Å²) < 4.78 is 5.08. The Morgan fingerprint density at radius 3 is 2.67 bits per heavy atom. The van der Waals surface area contributed by atoms with Crippen molar-refractivity contribution < 1.29 is 14.3 Å². The molecule has 1 aliphatic heterocycles. The molecule has 116 valence electrons. The molecule has 1 aromatic rings. The first kappa shape index (κ1) is 15.6. The van der Waals surface area contributed by atoms with Gasteiger partial charge in [-0.3, -0.25) is 4.79 Å². The van der Waals surface area contributed by atoms with Crippen molar-refractivity contribution in [1.82, 2.24) is 10.6 Å². The van der Waals surface area contributed by atoms with E-state index in [1.165, 1.54) is 18.4 Å². The molecule has 1 aliphatic rings. The molecule has 2 heterocycles. The van der Waals surface area contributed by atoms with E-state index >= 15 is 0 Å². The second kappa shape index (κ2) is 6.77. The zero-order chi connectivity index (χ0) is 15.4. The first-order valence-electron chi connectivity index (χ1n) is 6.87. The summed E-state index contributed by atoms with van der Waals surface area (Å²) in [6.45, 7) is 5.19. The van der Waals surface area contributed by atoms with Gasteiger partial charge in [-0.15, -0.1) is 11.3 Å². The molecule has 1 fully saturated rings. The number of ether oxygens (including phenoxy) is 1. The maximum Gasteiger partial charge on any atom is 0.343 e. The average molecular weight is 312 g/mol. The van der Waals surface area contributed by atoms with Gasteiger partial charge < -0.3 is 26.0 Å². The Morgan fingerprint density at radius 2 is 2.10 bits per heavy atom. The van der Waals surface area contributed by atoms with E-state index in [-0.39, 0.29) is 18.2 Å². The molecular formula is C13H20N4O3S. The van der Waals surface area contributed by atoms with Crippen molar-refractivity contribution in [3.05, 3.63) is 10.4 Å². The lowest BCUT2D eigenvalue weighted by molar-refractivity contribution is 0.0529. The maximum absolute atomic E-state index is 12.2. The Hall–Kier alpha value is -1.80. The summed E-state index contributed by atoms with van der Waals surface area (Å²) in [6.07, 6.45) is 0. The predicted molar refractivity (Wildman–Crippen MR) is 83.2 cm³/mol. The lowest BCUT2D eigenvalue weighted by atomic mass is 10.2. The Bertz CT molecular complexity index is 538. The number of hydrogen-bond acceptors (Lipinski definition) is 7. The van der Waals surface area contributed by atoms with Gasteiger partial charge in [0.25, 0.3) is 5.91 Å². The summed E-state index contributed by atoms with van der Waals surface area (Å²) >= 11 is 1.24. The van der Waals surface area contributed by atoms with Gasteiger partial charge in [-0.1, -0.05) is 0 Å². The van der Waals surface area contributed by atoms with E-state index in [0.717, 1.165) is 26.2 Å². The number of nitrogens with two attached hydrogens (primary N) is 1. The van der Waals surface area contributed by atoms with Gasteiger partial charge in [-0.25, -0.2) is 4.79 Å².